The van der Waals surface area contributed by atoms with Gasteiger partial charge in [0.15, 0.2) is 0 Å². The quantitative estimate of drug-likeness (QED) is 0.775. The third-order valence-electron chi connectivity index (χ3n) is 2.26. The van der Waals surface area contributed by atoms with Crippen LogP contribution in [0, 0.1) is 11.6 Å². The Morgan fingerprint density at radius 2 is 1.88 bits per heavy atom. The maximum absolute atomic E-state index is 13.3. The molecule has 0 bridgehead atoms. The Balaban J connectivity index is 2.88. The van der Waals surface area contributed by atoms with Gasteiger partial charge in [0.05, 0.1) is 25.2 Å². The summed E-state index contributed by atoms with van der Waals surface area (Å²) in [4.78, 5) is 10.8. The van der Waals surface area contributed by atoms with E-state index in [0.717, 1.165) is 25.3 Å². The van der Waals surface area contributed by atoms with Crippen LogP contribution >= 0.6 is 0 Å². The fourth-order valence-electron chi connectivity index (χ4n) is 1.35. The second kappa shape index (κ2) is 5.70. The van der Waals surface area contributed by atoms with E-state index >= 15 is 0 Å². The van der Waals surface area contributed by atoms with E-state index < -0.39 is 41.8 Å². The van der Waals surface area contributed by atoms with Crippen LogP contribution in [0.1, 0.15) is 18.1 Å². The smallest absolute Gasteiger partial charge is 0.308 e. The molecule has 2 N–H and O–H groups in total. The van der Waals surface area contributed by atoms with E-state index in [9.17, 15) is 23.8 Å². The van der Waals surface area contributed by atoms with Crippen LogP contribution in [0.5, 0.6) is 0 Å². The van der Waals surface area contributed by atoms with Gasteiger partial charge in [0, 0.05) is 0 Å². The monoisotopic (exact) mass is 246 g/mol. The molecular weight excluding hydrogens is 234 g/mol. The molecule has 0 aliphatic carbocycles. The summed E-state index contributed by atoms with van der Waals surface area (Å²) in [5.74, 6) is -2.75. The molecule has 2 unspecified atom stereocenters. The highest BCUT2D eigenvalue weighted by atomic mass is 19.1. The number of carbonyl (C=O) groups excluding carboxylic acids is 1. The van der Waals surface area contributed by atoms with Gasteiger partial charge in [0.2, 0.25) is 0 Å². The van der Waals surface area contributed by atoms with Crippen molar-refractivity contribution in [3.05, 3.63) is 35.4 Å². The van der Waals surface area contributed by atoms with Crippen molar-refractivity contribution in [3.8, 4) is 0 Å². The molecule has 4 nitrogen and oxygen atoms in total. The van der Waals surface area contributed by atoms with Gasteiger partial charge in [0.1, 0.15) is 17.7 Å². The Labute approximate surface area is 96.5 Å². The maximum atomic E-state index is 13.3. The first kappa shape index (κ1) is 13.5. The number of rotatable bonds is 4. The highest BCUT2D eigenvalue weighted by Crippen LogP contribution is 2.24. The topological polar surface area (TPSA) is 66.8 Å². The molecule has 1 rings (SSSR count). The summed E-state index contributed by atoms with van der Waals surface area (Å²) in [6.07, 6.45) is -4.00. The summed E-state index contributed by atoms with van der Waals surface area (Å²) in [5.41, 5.74) is -0.663. The third kappa shape index (κ3) is 3.21. The Morgan fingerprint density at radius 3 is 2.35 bits per heavy atom. The lowest BCUT2D eigenvalue weighted by Gasteiger charge is -2.18. The van der Waals surface area contributed by atoms with Crippen molar-refractivity contribution in [2.75, 3.05) is 7.11 Å². The second-order valence-electron chi connectivity index (χ2n) is 3.43. The Bertz CT molecular complexity index is 388. The highest BCUT2D eigenvalue weighted by Gasteiger charge is 2.26. The lowest BCUT2D eigenvalue weighted by Crippen LogP contribution is -2.24. The van der Waals surface area contributed by atoms with Crippen LogP contribution in [0.15, 0.2) is 18.2 Å². The number of hydrogen-bond acceptors (Lipinski definition) is 4. The molecule has 0 amide bonds. The van der Waals surface area contributed by atoms with Crippen LogP contribution in [-0.4, -0.2) is 29.4 Å². The van der Waals surface area contributed by atoms with Crippen LogP contribution < -0.4 is 0 Å². The minimum absolute atomic E-state index is 0.550. The van der Waals surface area contributed by atoms with Crippen molar-refractivity contribution >= 4 is 5.97 Å². The van der Waals surface area contributed by atoms with Crippen LogP contribution in [0.3, 0.4) is 0 Å². The highest BCUT2D eigenvalue weighted by molar-refractivity contribution is 5.69. The standard InChI is InChI=1S/C11H12F2O4/c1-17-9(15)5-8(14)11(16)10-6(12)3-2-4-7(10)13/h2-4,8,11,14,16H,5H2,1H3. The van der Waals surface area contributed by atoms with Gasteiger partial charge < -0.3 is 14.9 Å². The number of aliphatic hydroxyl groups excluding tert-OH is 2. The molecule has 0 saturated heterocycles. The zero-order valence-electron chi connectivity index (χ0n) is 9.06. The number of methoxy groups -OCH3 is 1. The van der Waals surface area contributed by atoms with Gasteiger partial charge in [0.25, 0.3) is 0 Å². The Hall–Kier alpha value is -1.53. The van der Waals surface area contributed by atoms with Gasteiger partial charge in [-0.05, 0) is 12.1 Å². The molecule has 17 heavy (non-hydrogen) atoms. The molecule has 0 saturated carbocycles. The van der Waals surface area contributed by atoms with Crippen LogP contribution in [0.25, 0.3) is 0 Å². The van der Waals surface area contributed by atoms with Crippen molar-refractivity contribution in [1.29, 1.82) is 0 Å². The van der Waals surface area contributed by atoms with E-state index in [2.05, 4.69) is 4.74 Å². The molecular formula is C11H12F2O4. The zero-order valence-corrected chi connectivity index (χ0v) is 9.06. The van der Waals surface area contributed by atoms with E-state index in [1.165, 1.54) is 0 Å². The predicted molar refractivity (Wildman–Crippen MR) is 54.0 cm³/mol. The average molecular weight is 246 g/mol. The van der Waals surface area contributed by atoms with Crippen LogP contribution in [-0.2, 0) is 9.53 Å². The maximum Gasteiger partial charge on any atom is 0.308 e. The van der Waals surface area contributed by atoms with Gasteiger partial charge in [-0.2, -0.15) is 0 Å². The molecule has 0 fully saturated rings. The summed E-state index contributed by atoms with van der Waals surface area (Å²) in [6.45, 7) is 0. The number of carbonyl (C=O) groups is 1. The normalized spacial score (nSPS) is 14.2. The molecule has 0 spiro atoms. The van der Waals surface area contributed by atoms with E-state index in [4.69, 9.17) is 0 Å². The number of esters is 1. The molecule has 0 radical (unpaired) electrons. The first-order valence-corrected chi connectivity index (χ1v) is 4.84. The molecule has 94 valence electrons. The summed E-state index contributed by atoms with van der Waals surface area (Å²) in [7, 11) is 1.10. The SMILES string of the molecule is COC(=O)CC(O)C(O)c1c(F)cccc1F. The van der Waals surface area contributed by atoms with E-state index in [1.807, 2.05) is 0 Å². The van der Waals surface area contributed by atoms with Crippen LogP contribution in [0.2, 0.25) is 0 Å². The van der Waals surface area contributed by atoms with Crippen molar-refractivity contribution in [3.63, 3.8) is 0 Å². The van der Waals surface area contributed by atoms with Gasteiger partial charge >= 0.3 is 5.97 Å². The summed E-state index contributed by atoms with van der Waals surface area (Å²) in [6, 6.07) is 3.03. The fraction of sp³-hybridized carbons (Fsp3) is 0.364. The number of hydrogen-bond donors (Lipinski definition) is 2. The number of halogens is 2. The second-order valence-corrected chi connectivity index (χ2v) is 3.43. The van der Waals surface area contributed by atoms with Crippen LogP contribution in [0.4, 0.5) is 8.78 Å². The van der Waals surface area contributed by atoms with E-state index in [1.54, 1.807) is 0 Å². The van der Waals surface area contributed by atoms with Crippen molar-refractivity contribution in [2.24, 2.45) is 0 Å². The molecule has 1 aromatic rings. The summed E-state index contributed by atoms with van der Waals surface area (Å²) >= 11 is 0. The molecule has 0 aromatic heterocycles. The first-order valence-electron chi connectivity index (χ1n) is 4.84. The number of ether oxygens (including phenoxy) is 1. The average Bonchev–Trinajstić information content (AvgIpc) is 2.28. The number of aliphatic hydroxyl groups is 2. The molecule has 2 atom stereocenters. The van der Waals surface area contributed by atoms with Gasteiger partial charge in [-0.15, -0.1) is 0 Å². The van der Waals surface area contributed by atoms with E-state index in [-0.39, 0.29) is 0 Å². The Kier molecular flexibility index (Phi) is 4.53. The number of benzene rings is 1. The summed E-state index contributed by atoms with van der Waals surface area (Å²) < 4.78 is 30.8. The van der Waals surface area contributed by atoms with Gasteiger partial charge in [-0.25, -0.2) is 8.78 Å². The molecule has 0 aliphatic heterocycles. The van der Waals surface area contributed by atoms with Gasteiger partial charge in [-0.1, -0.05) is 6.07 Å². The minimum atomic E-state index is -1.82. The van der Waals surface area contributed by atoms with Crippen molar-refractivity contribution in [1.82, 2.24) is 0 Å². The molecule has 0 aliphatic rings. The summed E-state index contributed by atoms with van der Waals surface area (Å²) in [5, 5.41) is 19.0. The fourth-order valence-corrected chi connectivity index (χ4v) is 1.35. The van der Waals surface area contributed by atoms with Crippen molar-refractivity contribution < 1.29 is 28.5 Å². The Morgan fingerprint density at radius 1 is 1.35 bits per heavy atom. The largest absolute Gasteiger partial charge is 0.469 e. The lowest BCUT2D eigenvalue weighted by molar-refractivity contribution is -0.144. The molecule has 6 heteroatoms. The first-order chi connectivity index (χ1) is 7.97. The van der Waals surface area contributed by atoms with Crippen molar-refractivity contribution in [2.45, 2.75) is 18.6 Å². The third-order valence-corrected chi connectivity index (χ3v) is 2.26. The molecule has 1 aromatic carbocycles. The zero-order chi connectivity index (χ0) is 13.0. The predicted octanol–water partition coefficient (Wildman–Crippen LogP) is 0.922. The lowest BCUT2D eigenvalue weighted by atomic mass is 10.0. The minimum Gasteiger partial charge on any atom is -0.469 e. The van der Waals surface area contributed by atoms with E-state index in [0.29, 0.717) is 0 Å². The molecule has 0 heterocycles. The van der Waals surface area contributed by atoms with Gasteiger partial charge in [-0.3, -0.25) is 4.79 Å².